The number of halogens is 2. The molecule has 1 aliphatic heterocycles. The maximum Gasteiger partial charge on any atom is 0.124 e. The number of fused-ring (bicyclic) bond motifs is 1. The van der Waals surface area contributed by atoms with Gasteiger partial charge >= 0.3 is 0 Å². The second-order valence-electron chi connectivity index (χ2n) is 4.23. The van der Waals surface area contributed by atoms with E-state index in [2.05, 4.69) is 15.2 Å². The molecule has 3 rings (SSSR count). The van der Waals surface area contributed by atoms with Crippen LogP contribution >= 0.6 is 12.4 Å². The summed E-state index contributed by atoms with van der Waals surface area (Å²) in [6.07, 6.45) is 1.79. The molecule has 5 heteroatoms. The third kappa shape index (κ3) is 2.40. The number of hydrogen-bond acceptors (Lipinski definition) is 3. The van der Waals surface area contributed by atoms with Gasteiger partial charge in [0.2, 0.25) is 0 Å². The molecular formula is C13H15ClFN3. The van der Waals surface area contributed by atoms with Gasteiger partial charge in [0.1, 0.15) is 5.82 Å². The Morgan fingerprint density at radius 1 is 1.17 bits per heavy atom. The van der Waals surface area contributed by atoms with Crippen molar-refractivity contribution in [3.63, 3.8) is 0 Å². The van der Waals surface area contributed by atoms with Crippen molar-refractivity contribution < 1.29 is 4.39 Å². The van der Waals surface area contributed by atoms with E-state index in [1.807, 2.05) is 6.07 Å². The second kappa shape index (κ2) is 5.50. The van der Waals surface area contributed by atoms with Crippen LogP contribution in [0.15, 0.2) is 30.5 Å². The second-order valence-corrected chi connectivity index (χ2v) is 4.23. The Labute approximate surface area is 111 Å². The molecule has 0 radical (unpaired) electrons. The molecular weight excluding hydrogens is 253 g/mol. The van der Waals surface area contributed by atoms with Crippen molar-refractivity contribution in [2.24, 2.45) is 0 Å². The van der Waals surface area contributed by atoms with E-state index in [1.165, 1.54) is 6.07 Å². The number of piperazine rings is 1. The molecule has 0 amide bonds. The lowest BCUT2D eigenvalue weighted by Crippen LogP contribution is -2.43. The Morgan fingerprint density at radius 2 is 1.94 bits per heavy atom. The van der Waals surface area contributed by atoms with E-state index in [9.17, 15) is 4.39 Å². The maximum absolute atomic E-state index is 13.3. The molecule has 1 aliphatic rings. The number of benzene rings is 1. The summed E-state index contributed by atoms with van der Waals surface area (Å²) in [7, 11) is 0. The number of aromatic nitrogens is 1. The average Bonchev–Trinajstić information content (AvgIpc) is 2.39. The SMILES string of the molecule is Cl.Fc1ccc2nccc(N3CCNCC3)c2c1. The number of nitrogens with zero attached hydrogens (tertiary/aromatic N) is 2. The lowest BCUT2D eigenvalue weighted by molar-refractivity contribution is 0.590. The number of pyridine rings is 1. The van der Waals surface area contributed by atoms with Gasteiger partial charge in [0.05, 0.1) is 5.52 Å². The van der Waals surface area contributed by atoms with Crippen molar-refractivity contribution in [2.45, 2.75) is 0 Å². The van der Waals surface area contributed by atoms with Crippen LogP contribution in [0.3, 0.4) is 0 Å². The fourth-order valence-electron chi connectivity index (χ4n) is 2.29. The Kier molecular flexibility index (Phi) is 3.99. The summed E-state index contributed by atoms with van der Waals surface area (Å²) in [4.78, 5) is 6.55. The van der Waals surface area contributed by atoms with Gasteiger partial charge in [-0.2, -0.15) is 0 Å². The van der Waals surface area contributed by atoms with Crippen molar-refractivity contribution in [1.82, 2.24) is 10.3 Å². The number of hydrogen-bond donors (Lipinski definition) is 1. The standard InChI is InChI=1S/C13H14FN3.ClH/c14-10-1-2-12-11(9-10)13(3-4-16-12)17-7-5-15-6-8-17;/h1-4,9,15H,5-8H2;1H. The first kappa shape index (κ1) is 13.1. The average molecular weight is 268 g/mol. The molecule has 1 aromatic heterocycles. The van der Waals surface area contributed by atoms with Crippen molar-refractivity contribution in [3.05, 3.63) is 36.3 Å². The van der Waals surface area contributed by atoms with Crippen molar-refractivity contribution in [2.75, 3.05) is 31.1 Å². The lowest BCUT2D eigenvalue weighted by atomic mass is 10.1. The van der Waals surface area contributed by atoms with Crippen LogP contribution in [-0.2, 0) is 0 Å². The summed E-state index contributed by atoms with van der Waals surface area (Å²) in [5.41, 5.74) is 1.93. The van der Waals surface area contributed by atoms with E-state index in [-0.39, 0.29) is 18.2 Å². The van der Waals surface area contributed by atoms with Crippen LogP contribution in [0, 0.1) is 5.82 Å². The molecule has 1 aromatic carbocycles. The van der Waals surface area contributed by atoms with Crippen LogP contribution in [0.1, 0.15) is 0 Å². The van der Waals surface area contributed by atoms with Gasteiger partial charge in [-0.1, -0.05) is 0 Å². The van der Waals surface area contributed by atoms with Crippen LogP contribution in [-0.4, -0.2) is 31.2 Å². The zero-order chi connectivity index (χ0) is 11.7. The van der Waals surface area contributed by atoms with E-state index in [1.54, 1.807) is 18.3 Å². The highest BCUT2D eigenvalue weighted by atomic mass is 35.5. The van der Waals surface area contributed by atoms with Gasteiger partial charge in [-0.25, -0.2) is 4.39 Å². The normalized spacial score (nSPS) is 15.5. The van der Waals surface area contributed by atoms with Crippen LogP contribution in [0.5, 0.6) is 0 Å². The third-order valence-corrected chi connectivity index (χ3v) is 3.14. The molecule has 96 valence electrons. The summed E-state index contributed by atoms with van der Waals surface area (Å²) >= 11 is 0. The van der Waals surface area contributed by atoms with Gasteiger partial charge in [-0.15, -0.1) is 12.4 Å². The number of nitrogens with one attached hydrogen (secondary N) is 1. The predicted octanol–water partition coefficient (Wildman–Crippen LogP) is 2.21. The fourth-order valence-corrected chi connectivity index (χ4v) is 2.29. The van der Waals surface area contributed by atoms with Crippen LogP contribution in [0.4, 0.5) is 10.1 Å². The first-order valence-corrected chi connectivity index (χ1v) is 5.84. The molecule has 2 heterocycles. The Balaban J connectivity index is 0.00000120. The molecule has 2 aromatic rings. The van der Waals surface area contributed by atoms with Gasteiger partial charge < -0.3 is 10.2 Å². The van der Waals surface area contributed by atoms with Crippen LogP contribution in [0.2, 0.25) is 0 Å². The van der Waals surface area contributed by atoms with Crippen molar-refractivity contribution in [3.8, 4) is 0 Å². The molecule has 0 spiro atoms. The maximum atomic E-state index is 13.3. The quantitative estimate of drug-likeness (QED) is 0.859. The summed E-state index contributed by atoms with van der Waals surface area (Å²) < 4.78 is 13.3. The topological polar surface area (TPSA) is 28.2 Å². The minimum absolute atomic E-state index is 0. The summed E-state index contributed by atoms with van der Waals surface area (Å²) in [5, 5.41) is 4.21. The smallest absolute Gasteiger partial charge is 0.124 e. The fraction of sp³-hybridized carbons (Fsp3) is 0.308. The molecule has 3 nitrogen and oxygen atoms in total. The minimum Gasteiger partial charge on any atom is -0.368 e. The Morgan fingerprint density at radius 3 is 2.72 bits per heavy atom. The Bertz CT molecular complexity index is 541. The highest BCUT2D eigenvalue weighted by Gasteiger charge is 2.13. The predicted molar refractivity (Wildman–Crippen MR) is 74.0 cm³/mol. The van der Waals surface area contributed by atoms with E-state index in [0.717, 1.165) is 42.8 Å². The minimum atomic E-state index is -0.207. The monoisotopic (exact) mass is 267 g/mol. The highest BCUT2D eigenvalue weighted by Crippen LogP contribution is 2.26. The van der Waals surface area contributed by atoms with Gasteiger partial charge in [0.15, 0.2) is 0 Å². The lowest BCUT2D eigenvalue weighted by Gasteiger charge is -2.30. The zero-order valence-electron chi connectivity index (χ0n) is 9.90. The molecule has 0 aliphatic carbocycles. The zero-order valence-corrected chi connectivity index (χ0v) is 10.7. The first-order chi connectivity index (χ1) is 8.34. The number of anilines is 1. The Hall–Kier alpha value is -1.39. The molecule has 1 N–H and O–H groups in total. The molecule has 0 atom stereocenters. The van der Waals surface area contributed by atoms with Gasteiger partial charge in [0, 0.05) is 43.4 Å². The molecule has 0 unspecified atom stereocenters. The van der Waals surface area contributed by atoms with E-state index in [4.69, 9.17) is 0 Å². The molecule has 18 heavy (non-hydrogen) atoms. The molecule has 1 saturated heterocycles. The highest BCUT2D eigenvalue weighted by molar-refractivity contribution is 5.91. The van der Waals surface area contributed by atoms with Gasteiger partial charge in [-0.05, 0) is 24.3 Å². The molecule has 0 bridgehead atoms. The van der Waals surface area contributed by atoms with E-state index < -0.39 is 0 Å². The first-order valence-electron chi connectivity index (χ1n) is 5.84. The van der Waals surface area contributed by atoms with Crippen LogP contribution < -0.4 is 10.2 Å². The van der Waals surface area contributed by atoms with E-state index in [0.29, 0.717) is 0 Å². The van der Waals surface area contributed by atoms with Crippen molar-refractivity contribution >= 4 is 29.0 Å². The largest absolute Gasteiger partial charge is 0.368 e. The molecule has 1 fully saturated rings. The van der Waals surface area contributed by atoms with Gasteiger partial charge in [-0.3, -0.25) is 4.98 Å². The van der Waals surface area contributed by atoms with E-state index >= 15 is 0 Å². The summed E-state index contributed by atoms with van der Waals surface area (Å²) in [6.45, 7) is 3.85. The number of rotatable bonds is 1. The van der Waals surface area contributed by atoms with Gasteiger partial charge in [0.25, 0.3) is 0 Å². The summed E-state index contributed by atoms with van der Waals surface area (Å²) in [6, 6.07) is 6.72. The summed E-state index contributed by atoms with van der Waals surface area (Å²) in [5.74, 6) is -0.207. The third-order valence-electron chi connectivity index (χ3n) is 3.14. The van der Waals surface area contributed by atoms with Crippen molar-refractivity contribution in [1.29, 1.82) is 0 Å². The van der Waals surface area contributed by atoms with Crippen LogP contribution in [0.25, 0.3) is 10.9 Å². The molecule has 0 saturated carbocycles.